The van der Waals surface area contributed by atoms with Gasteiger partial charge in [0.25, 0.3) is 5.91 Å². The molecule has 1 atom stereocenters. The maximum atomic E-state index is 14.4. The van der Waals surface area contributed by atoms with Gasteiger partial charge in [0.1, 0.15) is 11.6 Å². The van der Waals surface area contributed by atoms with Gasteiger partial charge in [0.05, 0.1) is 20.5 Å². The van der Waals surface area contributed by atoms with E-state index in [9.17, 15) is 19.2 Å². The molecular formula is C47H41Cl2N3O5S. The molecule has 3 N–H and O–H groups in total. The van der Waals surface area contributed by atoms with Crippen molar-refractivity contribution in [2.75, 3.05) is 16.4 Å². The molecule has 0 aliphatic rings. The monoisotopic (exact) mass is 829 g/mol. The zero-order valence-corrected chi connectivity index (χ0v) is 34.3. The fourth-order valence-electron chi connectivity index (χ4n) is 6.33. The predicted octanol–water partition coefficient (Wildman–Crippen LogP) is 11.0. The van der Waals surface area contributed by atoms with Crippen LogP contribution in [0.1, 0.15) is 63.7 Å². The Bertz CT molecular complexity index is 2300. The summed E-state index contributed by atoms with van der Waals surface area (Å²) in [5, 5.41) is 9.03. The van der Waals surface area contributed by atoms with Crippen molar-refractivity contribution in [1.29, 1.82) is 0 Å². The van der Waals surface area contributed by atoms with Crippen LogP contribution in [-0.2, 0) is 14.3 Å². The minimum absolute atomic E-state index is 0.108. The van der Waals surface area contributed by atoms with Crippen LogP contribution in [0.25, 0.3) is 0 Å². The van der Waals surface area contributed by atoms with E-state index in [1.807, 2.05) is 54.6 Å². The van der Waals surface area contributed by atoms with Gasteiger partial charge in [-0.2, -0.15) is 0 Å². The smallest absolute Gasteiger partial charge is 0.408 e. The minimum Gasteiger partial charge on any atom is -0.444 e. The van der Waals surface area contributed by atoms with E-state index in [1.165, 1.54) is 42.1 Å². The van der Waals surface area contributed by atoms with E-state index >= 15 is 0 Å². The van der Waals surface area contributed by atoms with E-state index in [1.54, 1.807) is 57.2 Å². The molecule has 8 nitrogen and oxygen atoms in total. The van der Waals surface area contributed by atoms with Crippen LogP contribution >= 0.6 is 35.0 Å². The van der Waals surface area contributed by atoms with E-state index in [0.29, 0.717) is 10.6 Å². The topological polar surface area (TPSA) is 114 Å². The highest BCUT2D eigenvalue weighted by molar-refractivity contribution is 8.00. The van der Waals surface area contributed by atoms with Crippen LogP contribution in [0.4, 0.5) is 16.2 Å². The molecule has 0 aliphatic heterocycles. The van der Waals surface area contributed by atoms with Crippen LogP contribution in [0, 0.1) is 0 Å². The zero-order valence-electron chi connectivity index (χ0n) is 32.0. The van der Waals surface area contributed by atoms with Crippen LogP contribution in [-0.4, -0.2) is 41.1 Å². The second-order valence-corrected chi connectivity index (χ2v) is 16.4. The summed E-state index contributed by atoms with van der Waals surface area (Å²) < 4.78 is 4.83. The molecule has 0 unspecified atom stereocenters. The lowest BCUT2D eigenvalue weighted by Gasteiger charge is -2.36. The van der Waals surface area contributed by atoms with Crippen molar-refractivity contribution in [3.05, 3.63) is 201 Å². The molecule has 0 aliphatic carbocycles. The number of halogens is 2. The average molecular weight is 831 g/mol. The van der Waals surface area contributed by atoms with Crippen LogP contribution in [0.3, 0.4) is 0 Å². The highest BCUT2D eigenvalue weighted by Gasteiger charge is 2.39. The summed E-state index contributed by atoms with van der Waals surface area (Å²) in [4.78, 5) is 55.1. The summed E-state index contributed by atoms with van der Waals surface area (Å²) in [6.07, 6.45) is -0.765. The number of hydrogen-bond donors (Lipinski definition) is 3. The highest BCUT2D eigenvalue weighted by atomic mass is 35.5. The van der Waals surface area contributed by atoms with Gasteiger partial charge < -0.3 is 20.7 Å². The molecule has 0 radical (unpaired) electrons. The van der Waals surface area contributed by atoms with Crippen LogP contribution in [0.5, 0.6) is 0 Å². The van der Waals surface area contributed by atoms with Gasteiger partial charge in [-0.25, -0.2) is 4.79 Å². The number of anilines is 2. The van der Waals surface area contributed by atoms with E-state index in [2.05, 4.69) is 52.3 Å². The van der Waals surface area contributed by atoms with Crippen LogP contribution < -0.4 is 16.0 Å². The van der Waals surface area contributed by atoms with Crippen LogP contribution in [0.2, 0.25) is 10.0 Å². The summed E-state index contributed by atoms with van der Waals surface area (Å²) >= 11 is 13.7. The lowest BCUT2D eigenvalue weighted by molar-refractivity contribution is -0.117. The van der Waals surface area contributed by atoms with Crippen molar-refractivity contribution >= 4 is 70.0 Å². The molecule has 0 fully saturated rings. The Morgan fingerprint density at radius 2 is 1.16 bits per heavy atom. The number of amides is 3. The SMILES string of the molecule is CC(C)(C)OC(=O)N[C@@H](CSC(c1ccccc1)(c1ccccc1)c1ccccc1)C(=O)Nc1ccc(NC(=O)c2ccc(Cl)c(Cl)c2)c(C(=O)c2ccccc2)c1. The van der Waals surface area contributed by atoms with Crippen molar-refractivity contribution < 1.29 is 23.9 Å². The van der Waals surface area contributed by atoms with Crippen molar-refractivity contribution in [2.24, 2.45) is 0 Å². The molecule has 11 heteroatoms. The van der Waals surface area contributed by atoms with Gasteiger partial charge in [0, 0.05) is 28.1 Å². The Hall–Kier alpha value is -5.87. The summed E-state index contributed by atoms with van der Waals surface area (Å²) in [6, 6.07) is 46.6. The van der Waals surface area contributed by atoms with Crippen molar-refractivity contribution in [3.63, 3.8) is 0 Å². The molecule has 0 bridgehead atoms. The van der Waals surface area contributed by atoms with E-state index in [-0.39, 0.29) is 33.3 Å². The number of hydrogen-bond acceptors (Lipinski definition) is 6. The molecule has 3 amide bonds. The molecule has 0 heterocycles. The largest absolute Gasteiger partial charge is 0.444 e. The molecular weight excluding hydrogens is 790 g/mol. The second kappa shape index (κ2) is 18.6. The Balaban J connectivity index is 1.36. The highest BCUT2D eigenvalue weighted by Crippen LogP contribution is 2.48. The van der Waals surface area contributed by atoms with Crippen LogP contribution in [0.15, 0.2) is 158 Å². The van der Waals surface area contributed by atoms with Crippen molar-refractivity contribution in [2.45, 2.75) is 37.2 Å². The first-order valence-corrected chi connectivity index (χ1v) is 20.2. The van der Waals surface area contributed by atoms with Crippen molar-refractivity contribution in [1.82, 2.24) is 5.32 Å². The fourth-order valence-corrected chi connectivity index (χ4v) is 8.19. The zero-order chi connectivity index (χ0) is 41.3. The number of ketones is 1. The van der Waals surface area contributed by atoms with Gasteiger partial charge in [-0.05, 0) is 73.9 Å². The number of alkyl carbamates (subject to hydrolysis) is 1. The fraction of sp³-hybridized carbons (Fsp3) is 0.149. The van der Waals surface area contributed by atoms with Gasteiger partial charge in [0.2, 0.25) is 5.91 Å². The Morgan fingerprint density at radius 3 is 1.67 bits per heavy atom. The normalized spacial score (nSPS) is 11.9. The lowest BCUT2D eigenvalue weighted by atomic mass is 9.84. The molecule has 0 saturated heterocycles. The molecule has 6 aromatic carbocycles. The quantitative estimate of drug-likeness (QED) is 0.0789. The molecule has 6 rings (SSSR count). The second-order valence-electron chi connectivity index (χ2n) is 14.3. The van der Waals surface area contributed by atoms with E-state index < -0.39 is 40.1 Å². The molecule has 0 spiro atoms. The maximum absolute atomic E-state index is 14.4. The number of rotatable bonds is 13. The third-order valence-electron chi connectivity index (χ3n) is 9.01. The Kier molecular flexibility index (Phi) is 13.4. The maximum Gasteiger partial charge on any atom is 0.408 e. The summed E-state index contributed by atoms with van der Waals surface area (Å²) in [5.74, 6) is -1.35. The molecule has 6 aromatic rings. The number of benzene rings is 6. The summed E-state index contributed by atoms with van der Waals surface area (Å²) in [7, 11) is 0. The Morgan fingerprint density at radius 1 is 0.621 bits per heavy atom. The average Bonchev–Trinajstić information content (AvgIpc) is 3.22. The first-order valence-electron chi connectivity index (χ1n) is 18.4. The van der Waals surface area contributed by atoms with Crippen molar-refractivity contribution in [3.8, 4) is 0 Å². The predicted molar refractivity (Wildman–Crippen MR) is 234 cm³/mol. The molecule has 0 aromatic heterocycles. The summed E-state index contributed by atoms with van der Waals surface area (Å²) in [6.45, 7) is 5.23. The summed E-state index contributed by atoms with van der Waals surface area (Å²) in [5.41, 5.74) is 3.32. The van der Waals surface area contributed by atoms with Gasteiger partial charge in [-0.1, -0.05) is 145 Å². The third kappa shape index (κ3) is 10.2. The number of ether oxygens (including phenoxy) is 1. The van der Waals surface area contributed by atoms with Gasteiger partial charge in [-0.3, -0.25) is 14.4 Å². The third-order valence-corrected chi connectivity index (χ3v) is 11.4. The van der Waals surface area contributed by atoms with E-state index in [0.717, 1.165) is 16.7 Å². The van der Waals surface area contributed by atoms with Gasteiger partial charge in [0.15, 0.2) is 5.78 Å². The number of carbonyl (C=O) groups excluding carboxylic acids is 4. The van der Waals surface area contributed by atoms with Gasteiger partial charge >= 0.3 is 6.09 Å². The molecule has 294 valence electrons. The lowest BCUT2D eigenvalue weighted by Crippen LogP contribution is -2.48. The Labute approximate surface area is 352 Å². The molecule has 58 heavy (non-hydrogen) atoms. The molecule has 0 saturated carbocycles. The number of nitrogens with one attached hydrogen (secondary N) is 3. The number of carbonyl (C=O) groups is 4. The first kappa shape index (κ1) is 41.8. The van der Waals surface area contributed by atoms with Gasteiger partial charge in [-0.15, -0.1) is 11.8 Å². The first-order chi connectivity index (χ1) is 27.8. The van der Waals surface area contributed by atoms with E-state index in [4.69, 9.17) is 27.9 Å². The minimum atomic E-state index is -1.11. The standard InChI is InChI=1S/C47H41Cl2N3O5S/c1-46(2,3)57-45(56)52-41(30-58-47(33-18-10-5-11-19-33,34-20-12-6-13-21-34)35-22-14-7-15-23-35)44(55)50-36-25-27-40(37(29-36)42(53)31-16-8-4-9-17-31)51-43(54)32-24-26-38(48)39(49)28-32/h4-29,41H,30H2,1-3H3,(H,50,55)(H,51,54)(H,52,56)/t41-/m0/s1. The number of thioether (sulfide) groups is 1.